The molecule has 1 aromatic rings. The highest BCUT2D eigenvalue weighted by molar-refractivity contribution is 4.93. The molecule has 0 aromatic carbocycles. The van der Waals surface area contributed by atoms with Crippen molar-refractivity contribution in [2.24, 2.45) is 5.41 Å². The SMILES string of the molecule is CCNCc1nnnn1CC1(CC)CC1. The first-order chi connectivity index (χ1) is 7.29. The summed E-state index contributed by atoms with van der Waals surface area (Å²) in [6, 6.07) is 0. The van der Waals surface area contributed by atoms with E-state index in [1.807, 2.05) is 4.68 Å². The topological polar surface area (TPSA) is 55.6 Å². The van der Waals surface area contributed by atoms with E-state index in [2.05, 4.69) is 34.7 Å². The van der Waals surface area contributed by atoms with Crippen LogP contribution in [0.25, 0.3) is 0 Å². The van der Waals surface area contributed by atoms with Crippen LogP contribution in [0.3, 0.4) is 0 Å². The van der Waals surface area contributed by atoms with Crippen LogP contribution in [-0.2, 0) is 13.1 Å². The Morgan fingerprint density at radius 3 is 2.80 bits per heavy atom. The quantitative estimate of drug-likeness (QED) is 0.758. The number of hydrogen-bond acceptors (Lipinski definition) is 4. The maximum absolute atomic E-state index is 4.06. The number of aromatic nitrogens is 4. The van der Waals surface area contributed by atoms with Gasteiger partial charge < -0.3 is 5.32 Å². The van der Waals surface area contributed by atoms with E-state index in [-0.39, 0.29) is 0 Å². The zero-order valence-corrected chi connectivity index (χ0v) is 9.53. The van der Waals surface area contributed by atoms with Crippen molar-refractivity contribution in [1.82, 2.24) is 25.5 Å². The van der Waals surface area contributed by atoms with Gasteiger partial charge in [-0.1, -0.05) is 13.8 Å². The molecule has 1 N–H and O–H groups in total. The van der Waals surface area contributed by atoms with E-state index < -0.39 is 0 Å². The fourth-order valence-electron chi connectivity index (χ4n) is 1.83. The molecule has 2 rings (SSSR count). The third kappa shape index (κ3) is 2.34. The van der Waals surface area contributed by atoms with Crippen molar-refractivity contribution in [1.29, 1.82) is 0 Å². The molecule has 0 spiro atoms. The van der Waals surface area contributed by atoms with Crippen LogP contribution in [0.5, 0.6) is 0 Å². The van der Waals surface area contributed by atoms with Gasteiger partial charge in [-0.25, -0.2) is 4.68 Å². The number of rotatable bonds is 6. The van der Waals surface area contributed by atoms with E-state index in [4.69, 9.17) is 0 Å². The molecule has 1 saturated carbocycles. The molecule has 5 nitrogen and oxygen atoms in total. The summed E-state index contributed by atoms with van der Waals surface area (Å²) in [4.78, 5) is 0. The number of nitrogens with zero attached hydrogens (tertiary/aromatic N) is 4. The van der Waals surface area contributed by atoms with Crippen molar-refractivity contribution < 1.29 is 0 Å². The summed E-state index contributed by atoms with van der Waals surface area (Å²) in [6.07, 6.45) is 3.88. The van der Waals surface area contributed by atoms with Crippen LogP contribution >= 0.6 is 0 Å². The summed E-state index contributed by atoms with van der Waals surface area (Å²) < 4.78 is 1.96. The summed E-state index contributed by atoms with van der Waals surface area (Å²) in [5.74, 6) is 0.955. The lowest BCUT2D eigenvalue weighted by atomic mass is 10.0. The van der Waals surface area contributed by atoms with Crippen LogP contribution < -0.4 is 5.32 Å². The monoisotopic (exact) mass is 209 g/mol. The highest BCUT2D eigenvalue weighted by atomic mass is 15.5. The molecule has 1 aliphatic carbocycles. The van der Waals surface area contributed by atoms with Crippen molar-refractivity contribution in [3.63, 3.8) is 0 Å². The van der Waals surface area contributed by atoms with Gasteiger partial charge in [-0.2, -0.15) is 0 Å². The normalized spacial score (nSPS) is 18.0. The Balaban J connectivity index is 1.98. The molecule has 0 saturated heterocycles. The first-order valence-corrected chi connectivity index (χ1v) is 5.75. The molecule has 1 aromatic heterocycles. The minimum absolute atomic E-state index is 0.496. The van der Waals surface area contributed by atoms with Gasteiger partial charge in [-0.05, 0) is 41.6 Å². The Morgan fingerprint density at radius 1 is 1.40 bits per heavy atom. The molecule has 84 valence electrons. The van der Waals surface area contributed by atoms with E-state index in [1.165, 1.54) is 19.3 Å². The molecule has 15 heavy (non-hydrogen) atoms. The summed E-state index contributed by atoms with van der Waals surface area (Å²) in [6.45, 7) is 7.04. The highest BCUT2D eigenvalue weighted by Gasteiger charge is 2.41. The summed E-state index contributed by atoms with van der Waals surface area (Å²) in [5.41, 5.74) is 0.496. The highest BCUT2D eigenvalue weighted by Crippen LogP contribution is 2.49. The fourth-order valence-corrected chi connectivity index (χ4v) is 1.83. The van der Waals surface area contributed by atoms with Crippen molar-refractivity contribution in [3.05, 3.63) is 5.82 Å². The van der Waals surface area contributed by atoms with Gasteiger partial charge in [0.2, 0.25) is 0 Å². The second-order valence-corrected chi connectivity index (χ2v) is 4.39. The number of nitrogens with one attached hydrogen (secondary N) is 1. The van der Waals surface area contributed by atoms with Gasteiger partial charge in [0.05, 0.1) is 13.1 Å². The third-order valence-electron chi connectivity index (χ3n) is 3.33. The average Bonchev–Trinajstić information content (AvgIpc) is 2.89. The van der Waals surface area contributed by atoms with Crippen LogP contribution in [-0.4, -0.2) is 26.8 Å². The van der Waals surface area contributed by atoms with Gasteiger partial charge in [-0.15, -0.1) is 5.10 Å². The Kier molecular flexibility index (Phi) is 3.00. The first-order valence-electron chi connectivity index (χ1n) is 5.75. The molecular weight excluding hydrogens is 190 g/mol. The van der Waals surface area contributed by atoms with Crippen LogP contribution in [0, 0.1) is 5.41 Å². The van der Waals surface area contributed by atoms with Gasteiger partial charge in [0.1, 0.15) is 0 Å². The Bertz CT molecular complexity index is 315. The summed E-state index contributed by atoms with van der Waals surface area (Å²) in [7, 11) is 0. The number of hydrogen-bond donors (Lipinski definition) is 1. The second kappa shape index (κ2) is 4.26. The van der Waals surface area contributed by atoms with Gasteiger partial charge in [0.25, 0.3) is 0 Å². The largest absolute Gasteiger partial charge is 0.310 e. The minimum atomic E-state index is 0.496. The molecule has 0 radical (unpaired) electrons. The molecule has 0 bridgehead atoms. The minimum Gasteiger partial charge on any atom is -0.310 e. The van der Waals surface area contributed by atoms with Crippen molar-refractivity contribution in [2.45, 2.75) is 46.2 Å². The van der Waals surface area contributed by atoms with E-state index in [0.29, 0.717) is 5.41 Å². The van der Waals surface area contributed by atoms with E-state index in [9.17, 15) is 0 Å². The lowest BCUT2D eigenvalue weighted by molar-refractivity contribution is 0.369. The zero-order chi connectivity index (χ0) is 10.7. The van der Waals surface area contributed by atoms with Gasteiger partial charge in [-0.3, -0.25) is 0 Å². The third-order valence-corrected chi connectivity index (χ3v) is 3.33. The molecule has 1 aliphatic rings. The first kappa shape index (κ1) is 10.5. The molecule has 0 atom stereocenters. The van der Waals surface area contributed by atoms with Gasteiger partial charge >= 0.3 is 0 Å². The van der Waals surface area contributed by atoms with Crippen molar-refractivity contribution in [3.8, 4) is 0 Å². The molecule has 0 amide bonds. The Morgan fingerprint density at radius 2 is 2.20 bits per heavy atom. The maximum Gasteiger partial charge on any atom is 0.165 e. The Labute approximate surface area is 90.2 Å². The van der Waals surface area contributed by atoms with Crippen LogP contribution in [0.15, 0.2) is 0 Å². The molecule has 0 aliphatic heterocycles. The predicted molar refractivity (Wildman–Crippen MR) is 57.2 cm³/mol. The van der Waals surface area contributed by atoms with Gasteiger partial charge in [0.15, 0.2) is 5.82 Å². The Hall–Kier alpha value is -0.970. The van der Waals surface area contributed by atoms with Crippen LogP contribution in [0.4, 0.5) is 0 Å². The summed E-state index contributed by atoms with van der Waals surface area (Å²) >= 11 is 0. The molecule has 0 unspecified atom stereocenters. The molecule has 1 fully saturated rings. The smallest absolute Gasteiger partial charge is 0.165 e. The molecule has 1 heterocycles. The van der Waals surface area contributed by atoms with E-state index in [1.54, 1.807) is 0 Å². The zero-order valence-electron chi connectivity index (χ0n) is 9.53. The predicted octanol–water partition coefficient (Wildman–Crippen LogP) is 0.973. The average molecular weight is 209 g/mol. The fraction of sp³-hybridized carbons (Fsp3) is 0.900. The lowest BCUT2D eigenvalue weighted by Crippen LogP contribution is -2.20. The van der Waals surface area contributed by atoms with Gasteiger partial charge in [0, 0.05) is 0 Å². The van der Waals surface area contributed by atoms with Crippen LogP contribution in [0.1, 0.15) is 38.9 Å². The standard InChI is InChI=1S/C10H19N5/c1-3-10(5-6-10)8-15-9(7-11-4-2)12-13-14-15/h11H,3-8H2,1-2H3. The lowest BCUT2D eigenvalue weighted by Gasteiger charge is -2.12. The van der Waals surface area contributed by atoms with Crippen molar-refractivity contribution in [2.75, 3.05) is 6.54 Å². The van der Waals surface area contributed by atoms with E-state index in [0.717, 1.165) is 25.5 Å². The molecule has 5 heteroatoms. The maximum atomic E-state index is 4.06. The molecular formula is C10H19N5. The summed E-state index contributed by atoms with van der Waals surface area (Å²) in [5, 5.41) is 15.1. The second-order valence-electron chi connectivity index (χ2n) is 4.39. The van der Waals surface area contributed by atoms with Crippen molar-refractivity contribution >= 4 is 0 Å². The van der Waals surface area contributed by atoms with Crippen LogP contribution in [0.2, 0.25) is 0 Å². The van der Waals surface area contributed by atoms with E-state index >= 15 is 0 Å². The number of tetrazole rings is 1.